The molecule has 0 bridgehead atoms. The molecule has 4 heteroatoms. The number of nitrogens with two attached hydrogens (primary N) is 1. The Morgan fingerprint density at radius 1 is 1.13 bits per heavy atom. The van der Waals surface area contributed by atoms with Crippen LogP contribution in [0.5, 0.6) is 0 Å². The lowest BCUT2D eigenvalue weighted by Gasteiger charge is -2.54. The van der Waals surface area contributed by atoms with Crippen molar-refractivity contribution in [3.8, 4) is 0 Å². The maximum absolute atomic E-state index is 14.1. The summed E-state index contributed by atoms with van der Waals surface area (Å²) in [5, 5.41) is 0. The van der Waals surface area contributed by atoms with E-state index in [1.165, 1.54) is 64.2 Å². The molecule has 1 aromatic carbocycles. The van der Waals surface area contributed by atoms with Crippen LogP contribution in [-0.2, 0) is 0 Å². The molecule has 23 heavy (non-hydrogen) atoms. The van der Waals surface area contributed by atoms with Crippen LogP contribution in [0.4, 0.5) is 15.8 Å². The van der Waals surface area contributed by atoms with Gasteiger partial charge in [-0.05, 0) is 49.4 Å². The number of likely N-dealkylation sites (tertiary alicyclic amines) is 1. The van der Waals surface area contributed by atoms with Gasteiger partial charge in [0.1, 0.15) is 5.82 Å². The largest absolute Gasteiger partial charge is 0.399 e. The minimum Gasteiger partial charge on any atom is -0.399 e. The van der Waals surface area contributed by atoms with Gasteiger partial charge in [-0.2, -0.15) is 0 Å². The summed E-state index contributed by atoms with van der Waals surface area (Å²) in [7, 11) is 0. The average Bonchev–Trinajstić information content (AvgIpc) is 2.51. The zero-order valence-corrected chi connectivity index (χ0v) is 14.4. The summed E-state index contributed by atoms with van der Waals surface area (Å²) in [6.45, 7) is 7.94. The smallest absolute Gasteiger partial charge is 0.148 e. The van der Waals surface area contributed by atoms with E-state index in [1.54, 1.807) is 6.07 Å². The maximum atomic E-state index is 14.1. The molecule has 0 aliphatic carbocycles. The zero-order chi connectivity index (χ0) is 16.3. The number of nitrogens with zero attached hydrogens (tertiary/aromatic N) is 2. The van der Waals surface area contributed by atoms with Crippen molar-refractivity contribution >= 4 is 11.4 Å². The number of rotatable bonds is 6. The molecule has 2 N–H and O–H groups in total. The minimum atomic E-state index is -0.188. The van der Waals surface area contributed by atoms with E-state index in [0.29, 0.717) is 16.8 Å². The summed E-state index contributed by atoms with van der Waals surface area (Å²) in [5.41, 5.74) is 7.36. The number of halogens is 1. The van der Waals surface area contributed by atoms with Crippen LogP contribution in [0.2, 0.25) is 0 Å². The summed E-state index contributed by atoms with van der Waals surface area (Å²) >= 11 is 0. The van der Waals surface area contributed by atoms with Gasteiger partial charge < -0.3 is 15.5 Å². The molecule has 3 rings (SSSR count). The molecule has 0 unspecified atom stereocenters. The first-order valence-electron chi connectivity index (χ1n) is 9.14. The second-order valence-electron chi connectivity index (χ2n) is 7.47. The molecule has 128 valence electrons. The number of hydrogen-bond donors (Lipinski definition) is 1. The quantitative estimate of drug-likeness (QED) is 0.638. The summed E-state index contributed by atoms with van der Waals surface area (Å²) in [5.74, 6) is -0.188. The van der Waals surface area contributed by atoms with Crippen molar-refractivity contribution in [1.29, 1.82) is 0 Å². The molecule has 2 heterocycles. The third-order valence-electron chi connectivity index (χ3n) is 5.58. The second-order valence-corrected chi connectivity index (χ2v) is 7.47. The van der Waals surface area contributed by atoms with E-state index >= 15 is 0 Å². The Morgan fingerprint density at radius 3 is 2.52 bits per heavy atom. The SMILES string of the molecule is CCCCCCN1CC2(CCN(c3ccc(N)cc3F)CC2)C1. The van der Waals surface area contributed by atoms with Crippen molar-refractivity contribution in [3.05, 3.63) is 24.0 Å². The first kappa shape index (κ1) is 16.6. The summed E-state index contributed by atoms with van der Waals surface area (Å²) in [4.78, 5) is 4.79. The molecule has 3 nitrogen and oxygen atoms in total. The van der Waals surface area contributed by atoms with Crippen LogP contribution in [0, 0.1) is 11.2 Å². The molecular formula is C19H30FN3. The first-order chi connectivity index (χ1) is 11.1. The van der Waals surface area contributed by atoms with Crippen LogP contribution in [0.15, 0.2) is 18.2 Å². The fourth-order valence-electron chi connectivity index (χ4n) is 4.14. The maximum Gasteiger partial charge on any atom is 0.148 e. The molecule has 0 radical (unpaired) electrons. The van der Waals surface area contributed by atoms with Gasteiger partial charge in [0.05, 0.1) is 5.69 Å². The molecule has 1 spiro atoms. The highest BCUT2D eigenvalue weighted by atomic mass is 19.1. The predicted molar refractivity (Wildman–Crippen MR) is 95.3 cm³/mol. The van der Waals surface area contributed by atoms with E-state index in [9.17, 15) is 4.39 Å². The molecule has 0 saturated carbocycles. The Morgan fingerprint density at radius 2 is 1.87 bits per heavy atom. The van der Waals surface area contributed by atoms with E-state index in [2.05, 4.69) is 16.7 Å². The van der Waals surface area contributed by atoms with Gasteiger partial charge >= 0.3 is 0 Å². The molecule has 0 aromatic heterocycles. The van der Waals surface area contributed by atoms with Crippen molar-refractivity contribution in [1.82, 2.24) is 4.90 Å². The predicted octanol–water partition coefficient (Wildman–Crippen LogP) is 3.89. The number of hydrogen-bond acceptors (Lipinski definition) is 3. The van der Waals surface area contributed by atoms with Gasteiger partial charge in [0.25, 0.3) is 0 Å². The van der Waals surface area contributed by atoms with Crippen LogP contribution >= 0.6 is 0 Å². The van der Waals surface area contributed by atoms with Gasteiger partial charge in [0.15, 0.2) is 0 Å². The second kappa shape index (κ2) is 7.08. The highest BCUT2D eigenvalue weighted by Crippen LogP contribution is 2.41. The van der Waals surface area contributed by atoms with Crippen LogP contribution in [-0.4, -0.2) is 37.6 Å². The van der Waals surface area contributed by atoms with Gasteiger partial charge in [-0.1, -0.05) is 26.2 Å². The lowest BCUT2D eigenvalue weighted by atomic mass is 9.72. The summed E-state index contributed by atoms with van der Waals surface area (Å²) in [6.07, 6.45) is 7.74. The van der Waals surface area contributed by atoms with Gasteiger partial charge in [-0.3, -0.25) is 0 Å². The zero-order valence-electron chi connectivity index (χ0n) is 14.4. The van der Waals surface area contributed by atoms with Crippen LogP contribution in [0.25, 0.3) is 0 Å². The number of piperidine rings is 1. The number of benzene rings is 1. The highest BCUT2D eigenvalue weighted by Gasteiger charge is 2.44. The Hall–Kier alpha value is -1.29. The van der Waals surface area contributed by atoms with E-state index in [0.717, 1.165) is 13.1 Å². The van der Waals surface area contributed by atoms with Crippen LogP contribution in [0.3, 0.4) is 0 Å². The number of nitrogen functional groups attached to an aromatic ring is 1. The van der Waals surface area contributed by atoms with Crippen molar-refractivity contribution in [2.24, 2.45) is 5.41 Å². The molecule has 0 amide bonds. The van der Waals surface area contributed by atoms with Gasteiger partial charge in [-0.25, -0.2) is 4.39 Å². The Bertz CT molecular complexity index is 515. The average molecular weight is 319 g/mol. The molecule has 2 fully saturated rings. The Balaban J connectivity index is 1.44. The minimum absolute atomic E-state index is 0.188. The van der Waals surface area contributed by atoms with Crippen LogP contribution in [0.1, 0.15) is 45.4 Å². The van der Waals surface area contributed by atoms with E-state index in [4.69, 9.17) is 5.73 Å². The highest BCUT2D eigenvalue weighted by molar-refractivity contribution is 5.54. The lowest BCUT2D eigenvalue weighted by Crippen LogP contribution is -2.60. The molecule has 2 aliphatic rings. The third-order valence-corrected chi connectivity index (χ3v) is 5.58. The fraction of sp³-hybridized carbons (Fsp3) is 0.684. The van der Waals surface area contributed by atoms with E-state index in [-0.39, 0.29) is 5.82 Å². The van der Waals surface area contributed by atoms with Gasteiger partial charge in [-0.15, -0.1) is 0 Å². The molecule has 0 atom stereocenters. The van der Waals surface area contributed by atoms with E-state index < -0.39 is 0 Å². The first-order valence-corrected chi connectivity index (χ1v) is 9.14. The normalized spacial score (nSPS) is 20.7. The number of unbranched alkanes of at least 4 members (excludes halogenated alkanes) is 3. The molecule has 2 saturated heterocycles. The van der Waals surface area contributed by atoms with Crippen molar-refractivity contribution in [2.75, 3.05) is 43.4 Å². The Kier molecular flexibility index (Phi) is 5.10. The van der Waals surface area contributed by atoms with Gasteiger partial charge in [0, 0.05) is 31.9 Å². The third kappa shape index (κ3) is 3.79. The van der Waals surface area contributed by atoms with Gasteiger partial charge in [0.2, 0.25) is 0 Å². The van der Waals surface area contributed by atoms with E-state index in [1.807, 2.05) is 6.07 Å². The van der Waals surface area contributed by atoms with Crippen LogP contribution < -0.4 is 10.6 Å². The molecule has 2 aliphatic heterocycles. The molecular weight excluding hydrogens is 289 g/mol. The summed E-state index contributed by atoms with van der Waals surface area (Å²) in [6, 6.07) is 5.05. The fourth-order valence-corrected chi connectivity index (χ4v) is 4.14. The lowest BCUT2D eigenvalue weighted by molar-refractivity contribution is -0.0190. The summed E-state index contributed by atoms with van der Waals surface area (Å²) < 4.78 is 14.1. The molecule has 1 aromatic rings. The van der Waals surface area contributed by atoms with Crippen molar-refractivity contribution < 1.29 is 4.39 Å². The number of anilines is 2. The van der Waals surface area contributed by atoms with Crippen molar-refractivity contribution in [3.63, 3.8) is 0 Å². The van der Waals surface area contributed by atoms with Crippen molar-refractivity contribution in [2.45, 2.75) is 45.4 Å². The Labute approximate surface area is 139 Å². The topological polar surface area (TPSA) is 32.5 Å². The standard InChI is InChI=1S/C19H30FN3/c1-2-3-4-5-10-22-14-19(15-22)8-11-23(12-9-19)18-7-6-16(21)13-17(18)20/h6-7,13H,2-5,8-12,14-15,21H2,1H3. The monoisotopic (exact) mass is 319 g/mol.